The quantitative estimate of drug-likeness (QED) is 0.0120. The Hall–Kier alpha value is -7.53. The summed E-state index contributed by atoms with van der Waals surface area (Å²) in [4.78, 5) is 22.6. The lowest BCUT2D eigenvalue weighted by atomic mass is 9.79. The highest BCUT2D eigenvalue weighted by atomic mass is 32.2. The summed E-state index contributed by atoms with van der Waals surface area (Å²) in [6.45, 7) is 8.94. The lowest BCUT2D eigenvalue weighted by molar-refractivity contribution is -0.438. The fourth-order valence-corrected chi connectivity index (χ4v) is 13.0. The number of fused-ring (bicyclic) bond motifs is 6. The van der Waals surface area contributed by atoms with Gasteiger partial charge in [0.1, 0.15) is 6.54 Å². The van der Waals surface area contributed by atoms with Crippen molar-refractivity contribution in [3.05, 3.63) is 212 Å². The molecule has 0 saturated heterocycles. The average Bonchev–Trinajstić information content (AvgIpc) is 3.76. The molecule has 0 radical (unpaired) electrons. The minimum absolute atomic E-state index is 0.0455. The van der Waals surface area contributed by atoms with Crippen LogP contribution in [0, 0.1) is 20.2 Å². The SMILES string of the molecule is CC1(C)C(/C=C/C=C/C=C/C=C2/N(CCCCS(=O)(=O)OC(c3ccc([N+](=O)[O-])cc3)C(F)(F)F)c3ccc4ccccc4c3C2(C)C)=[N+](CCCCS(=O)(=O)OC(c2ccc([N+](=O)[O-])cc2)C(F)(F)F)c2ccc3ccccc3c21. The number of benzene rings is 6. The van der Waals surface area contributed by atoms with E-state index in [1.54, 1.807) is 0 Å². The summed E-state index contributed by atoms with van der Waals surface area (Å²) in [5.41, 5.74) is 2.41. The molecule has 14 nitrogen and oxygen atoms in total. The molecule has 81 heavy (non-hydrogen) atoms. The Labute approximate surface area is 464 Å². The third kappa shape index (κ3) is 13.3. The monoisotopic (exact) mass is 1160 g/mol. The number of anilines is 1. The van der Waals surface area contributed by atoms with Crippen LogP contribution in [-0.4, -0.2) is 73.9 Å². The van der Waals surface area contributed by atoms with Gasteiger partial charge in [0.25, 0.3) is 31.6 Å². The molecule has 0 spiro atoms. The molecule has 2 atom stereocenters. The smallest absolute Gasteiger partial charge is 0.344 e. The van der Waals surface area contributed by atoms with E-state index in [9.17, 15) is 63.4 Å². The molecule has 0 aromatic heterocycles. The van der Waals surface area contributed by atoms with Crippen LogP contribution in [0.15, 0.2) is 170 Å². The minimum atomic E-state index is -5.13. The molecule has 8 rings (SSSR count). The zero-order chi connectivity index (χ0) is 58.7. The molecule has 2 unspecified atom stereocenters. The molecular formula is C59H57F6N4O10S2+. The number of halogens is 6. The van der Waals surface area contributed by atoms with Crippen molar-refractivity contribution in [2.75, 3.05) is 29.5 Å². The summed E-state index contributed by atoms with van der Waals surface area (Å²) in [6, 6.07) is 30.5. The molecule has 2 aliphatic rings. The van der Waals surface area contributed by atoms with Crippen LogP contribution in [0.4, 0.5) is 49.1 Å². The van der Waals surface area contributed by atoms with Crippen molar-refractivity contribution in [3.63, 3.8) is 0 Å². The lowest BCUT2D eigenvalue weighted by Crippen LogP contribution is -2.28. The first-order valence-electron chi connectivity index (χ1n) is 25.7. The van der Waals surface area contributed by atoms with Crippen LogP contribution >= 0.6 is 0 Å². The molecule has 0 aliphatic carbocycles. The third-order valence-corrected chi connectivity index (χ3v) is 17.0. The first-order valence-corrected chi connectivity index (χ1v) is 28.9. The van der Waals surface area contributed by atoms with Gasteiger partial charge in [0.15, 0.2) is 17.9 Å². The number of rotatable bonds is 22. The molecule has 0 N–H and O–H groups in total. The lowest BCUT2D eigenvalue weighted by Gasteiger charge is -2.27. The maximum absolute atomic E-state index is 14.1. The number of unbranched alkanes of at least 4 members (excludes halogenated alkanes) is 2. The second-order valence-electron chi connectivity index (χ2n) is 20.7. The first kappa shape index (κ1) is 59.6. The fourth-order valence-electron chi connectivity index (χ4n) is 10.7. The highest BCUT2D eigenvalue weighted by Gasteiger charge is 2.48. The maximum atomic E-state index is 14.1. The zero-order valence-electron chi connectivity index (χ0n) is 44.4. The maximum Gasteiger partial charge on any atom is 0.420 e. The van der Waals surface area contributed by atoms with E-state index in [-0.39, 0.29) is 25.7 Å². The Morgan fingerprint density at radius 1 is 0.580 bits per heavy atom. The van der Waals surface area contributed by atoms with E-state index < -0.39 is 99.5 Å². The zero-order valence-corrected chi connectivity index (χ0v) is 46.0. The average molecular weight is 1160 g/mol. The highest BCUT2D eigenvalue weighted by Crippen LogP contribution is 2.51. The molecule has 0 saturated carbocycles. The largest absolute Gasteiger partial charge is 0.420 e. The van der Waals surface area contributed by atoms with Gasteiger partial charge in [0, 0.05) is 71.7 Å². The van der Waals surface area contributed by atoms with Crippen LogP contribution in [-0.2, 0) is 39.4 Å². The van der Waals surface area contributed by atoms with Crippen molar-refractivity contribution in [1.82, 2.24) is 0 Å². The Balaban J connectivity index is 0.983. The van der Waals surface area contributed by atoms with Crippen LogP contribution in [0.3, 0.4) is 0 Å². The van der Waals surface area contributed by atoms with E-state index in [0.717, 1.165) is 104 Å². The van der Waals surface area contributed by atoms with Gasteiger partial charge in [-0.2, -0.15) is 47.8 Å². The molecular weight excluding hydrogens is 1100 g/mol. The van der Waals surface area contributed by atoms with Crippen molar-refractivity contribution in [1.29, 1.82) is 0 Å². The van der Waals surface area contributed by atoms with Crippen molar-refractivity contribution in [3.8, 4) is 0 Å². The van der Waals surface area contributed by atoms with Crippen LogP contribution in [0.1, 0.15) is 87.8 Å². The Morgan fingerprint density at radius 3 is 1.57 bits per heavy atom. The molecule has 2 aliphatic heterocycles. The van der Waals surface area contributed by atoms with Gasteiger partial charge in [-0.15, -0.1) is 0 Å². The summed E-state index contributed by atoms with van der Waals surface area (Å²) in [5.74, 6) is -1.43. The van der Waals surface area contributed by atoms with Gasteiger partial charge < -0.3 is 4.90 Å². The fraction of sp³-hybridized carbons (Fsp3) is 0.305. The Bertz CT molecular complexity index is 3760. The van der Waals surface area contributed by atoms with Gasteiger partial charge in [-0.3, -0.25) is 28.6 Å². The van der Waals surface area contributed by atoms with Crippen molar-refractivity contribution in [2.24, 2.45) is 0 Å². The van der Waals surface area contributed by atoms with Crippen molar-refractivity contribution < 1.29 is 66.0 Å². The van der Waals surface area contributed by atoms with Crippen LogP contribution < -0.4 is 4.90 Å². The summed E-state index contributed by atoms with van der Waals surface area (Å²) in [7, 11) is -9.47. The molecule has 0 bridgehead atoms. The number of nitro benzene ring substituents is 2. The molecule has 0 amide bonds. The number of nitrogens with zero attached hydrogens (tertiary/aromatic N) is 4. The summed E-state index contributed by atoms with van der Waals surface area (Å²) < 4.78 is 148. The van der Waals surface area contributed by atoms with Crippen molar-refractivity contribution in [2.45, 2.75) is 88.8 Å². The number of nitro groups is 2. The third-order valence-electron chi connectivity index (χ3n) is 14.4. The molecule has 2 heterocycles. The number of hydrogen-bond donors (Lipinski definition) is 0. The first-order chi connectivity index (χ1) is 38.1. The second kappa shape index (κ2) is 23.5. The second-order valence-corrected chi connectivity index (χ2v) is 24.1. The van der Waals surface area contributed by atoms with E-state index in [2.05, 4.69) is 37.2 Å². The normalized spacial score (nSPS) is 16.8. The topological polar surface area (TPSA) is 179 Å². The summed E-state index contributed by atoms with van der Waals surface area (Å²) in [5, 5.41) is 26.2. The Morgan fingerprint density at radius 2 is 1.05 bits per heavy atom. The van der Waals surface area contributed by atoms with Gasteiger partial charge >= 0.3 is 12.4 Å². The van der Waals surface area contributed by atoms with Crippen LogP contribution in [0.25, 0.3) is 21.5 Å². The Kier molecular flexibility index (Phi) is 17.3. The van der Waals surface area contributed by atoms with E-state index in [4.69, 9.17) is 8.37 Å². The number of allylic oxidation sites excluding steroid dienone is 8. The standard InChI is InChI=1S/C59H57F6N4O10S2/c1-56(2)50(66(48-34-28-40-18-10-12-20-46(40)52(48)56)36-14-16-38-80(74,75)78-54(58(60,61)62)42-24-30-44(31-25-42)68(70)71)22-8-6-5-7-9-23-51-57(3,4)53-47-21-13-11-19-41(47)29-35-49(53)67(51)37-15-17-39-81(76,77)79-55(59(63,64)65)43-26-32-45(33-27-43)69(72)73/h5-13,18-35,54-55H,14-17,36-39H2,1-4H3/q+1. The van der Waals surface area contributed by atoms with Gasteiger partial charge in [-0.25, -0.2) is 0 Å². The van der Waals surface area contributed by atoms with Gasteiger partial charge in [-0.1, -0.05) is 98.8 Å². The number of alkyl halides is 6. The molecule has 6 aromatic rings. The van der Waals surface area contributed by atoms with Crippen LogP contribution in [0.2, 0.25) is 0 Å². The van der Waals surface area contributed by atoms with Gasteiger partial charge in [-0.05, 0) is 114 Å². The number of non-ortho nitro benzene ring substituents is 2. The van der Waals surface area contributed by atoms with Crippen molar-refractivity contribution >= 4 is 70.2 Å². The molecule has 426 valence electrons. The van der Waals surface area contributed by atoms with E-state index in [1.807, 2.05) is 115 Å². The summed E-state index contributed by atoms with van der Waals surface area (Å²) >= 11 is 0. The molecule has 0 fully saturated rings. The predicted octanol–water partition coefficient (Wildman–Crippen LogP) is 14.4. The highest BCUT2D eigenvalue weighted by molar-refractivity contribution is 7.86. The minimum Gasteiger partial charge on any atom is -0.344 e. The van der Waals surface area contributed by atoms with E-state index >= 15 is 0 Å². The van der Waals surface area contributed by atoms with Crippen LogP contribution in [0.5, 0.6) is 0 Å². The van der Waals surface area contributed by atoms with E-state index in [1.165, 1.54) is 0 Å². The van der Waals surface area contributed by atoms with Gasteiger partial charge in [0.05, 0.1) is 26.8 Å². The van der Waals surface area contributed by atoms with E-state index in [0.29, 0.717) is 13.1 Å². The molecule has 22 heteroatoms. The number of hydrogen-bond acceptors (Lipinski definition) is 11. The predicted molar refractivity (Wildman–Crippen MR) is 299 cm³/mol. The van der Waals surface area contributed by atoms with Gasteiger partial charge in [0.2, 0.25) is 5.69 Å². The molecule has 6 aromatic carbocycles. The summed E-state index contributed by atoms with van der Waals surface area (Å²) in [6.07, 6.45) is -2.38.